The van der Waals surface area contributed by atoms with Crippen molar-refractivity contribution in [1.82, 2.24) is 34.8 Å². The van der Waals surface area contributed by atoms with Gasteiger partial charge in [-0.1, -0.05) is 5.21 Å². The Labute approximate surface area is 197 Å². The van der Waals surface area contributed by atoms with Crippen LogP contribution in [0.2, 0.25) is 0 Å². The van der Waals surface area contributed by atoms with Crippen LogP contribution in [0.15, 0.2) is 49.1 Å². The predicted molar refractivity (Wildman–Crippen MR) is 131 cm³/mol. The van der Waals surface area contributed by atoms with E-state index in [1.54, 1.807) is 29.3 Å². The van der Waals surface area contributed by atoms with Gasteiger partial charge in [0, 0.05) is 55.1 Å². The molecule has 174 valence electrons. The number of rotatable bonds is 5. The monoisotopic (exact) mass is 457 g/mol. The Morgan fingerprint density at radius 3 is 2.65 bits per heavy atom. The minimum atomic E-state index is -0.225. The molecule has 4 aromatic heterocycles. The second-order valence-corrected chi connectivity index (χ2v) is 8.80. The Morgan fingerprint density at radius 1 is 1.09 bits per heavy atom. The number of piperidine rings is 1. The van der Waals surface area contributed by atoms with Crippen LogP contribution < -0.4 is 10.2 Å². The number of aromatic nitrogens is 6. The lowest BCUT2D eigenvalue weighted by Gasteiger charge is -2.35. The van der Waals surface area contributed by atoms with Crippen molar-refractivity contribution >= 4 is 28.4 Å². The molecule has 1 amide bonds. The van der Waals surface area contributed by atoms with Crippen LogP contribution in [0.5, 0.6) is 0 Å². The zero-order chi connectivity index (χ0) is 23.7. The van der Waals surface area contributed by atoms with Gasteiger partial charge in [0.15, 0.2) is 0 Å². The molecule has 0 bridgehead atoms. The molecule has 5 rings (SSSR count). The van der Waals surface area contributed by atoms with Crippen LogP contribution in [0, 0.1) is 0 Å². The van der Waals surface area contributed by atoms with Crippen LogP contribution in [-0.4, -0.2) is 74.0 Å². The van der Waals surface area contributed by atoms with E-state index in [9.17, 15) is 4.79 Å². The SMILES string of the molecule is CN(C)C1CCN(c2cc(C(=O)Nc3cc4cc(-c5cn(C)nn5)cnc4cn3)ccn2)CC1. The Balaban J connectivity index is 1.32. The van der Waals surface area contributed by atoms with Crippen molar-refractivity contribution in [1.29, 1.82) is 0 Å². The molecule has 0 aliphatic carbocycles. The third-order valence-corrected chi connectivity index (χ3v) is 6.23. The standard InChI is InChI=1S/C24H27N9O/c1-31(2)19-5-8-33(9-6-19)23-12-16(4-7-25-23)24(34)28-22-11-17-10-18(13-26-20(17)14-27-22)21-15-32(3)30-29-21/h4,7,10-15,19H,5-6,8-9H2,1-3H3,(H,27,28,34). The quantitative estimate of drug-likeness (QED) is 0.488. The number of hydrogen-bond acceptors (Lipinski definition) is 8. The maximum Gasteiger partial charge on any atom is 0.257 e. The number of pyridine rings is 3. The van der Waals surface area contributed by atoms with E-state index >= 15 is 0 Å². The topological polar surface area (TPSA) is 105 Å². The Morgan fingerprint density at radius 2 is 1.91 bits per heavy atom. The van der Waals surface area contributed by atoms with Crippen LogP contribution in [0.25, 0.3) is 22.2 Å². The Hall–Kier alpha value is -3.92. The molecule has 1 fully saturated rings. The first-order valence-corrected chi connectivity index (χ1v) is 11.3. The normalized spacial score (nSPS) is 14.6. The second-order valence-electron chi connectivity index (χ2n) is 8.80. The van der Waals surface area contributed by atoms with E-state index in [2.05, 4.69) is 54.5 Å². The lowest BCUT2D eigenvalue weighted by molar-refractivity contribution is 0.102. The molecule has 0 saturated carbocycles. The summed E-state index contributed by atoms with van der Waals surface area (Å²) in [5.74, 6) is 1.06. The number of anilines is 2. The molecule has 1 aliphatic heterocycles. The van der Waals surface area contributed by atoms with Crippen LogP contribution >= 0.6 is 0 Å². The summed E-state index contributed by atoms with van der Waals surface area (Å²) in [7, 11) is 6.06. The molecule has 0 spiro atoms. The summed E-state index contributed by atoms with van der Waals surface area (Å²) in [6.45, 7) is 1.85. The Bertz CT molecular complexity index is 1330. The van der Waals surface area contributed by atoms with Crippen molar-refractivity contribution in [3.63, 3.8) is 0 Å². The molecule has 1 N–H and O–H groups in total. The minimum absolute atomic E-state index is 0.225. The highest BCUT2D eigenvalue weighted by Gasteiger charge is 2.22. The summed E-state index contributed by atoms with van der Waals surface area (Å²) in [5.41, 5.74) is 2.87. The predicted octanol–water partition coefficient (Wildman–Crippen LogP) is 2.60. The van der Waals surface area contributed by atoms with Gasteiger partial charge >= 0.3 is 0 Å². The van der Waals surface area contributed by atoms with Crippen molar-refractivity contribution in [3.05, 3.63) is 54.6 Å². The van der Waals surface area contributed by atoms with E-state index in [1.807, 2.05) is 31.4 Å². The minimum Gasteiger partial charge on any atom is -0.356 e. The lowest BCUT2D eigenvalue weighted by atomic mass is 10.0. The van der Waals surface area contributed by atoms with Gasteiger partial charge in [0.1, 0.15) is 17.3 Å². The highest BCUT2D eigenvalue weighted by molar-refractivity contribution is 6.04. The van der Waals surface area contributed by atoms with E-state index in [-0.39, 0.29) is 5.91 Å². The Kier molecular flexibility index (Phi) is 5.89. The first-order valence-electron chi connectivity index (χ1n) is 11.3. The largest absolute Gasteiger partial charge is 0.356 e. The fourth-order valence-corrected chi connectivity index (χ4v) is 4.25. The van der Waals surface area contributed by atoms with E-state index in [0.29, 0.717) is 17.4 Å². The molecule has 10 nitrogen and oxygen atoms in total. The van der Waals surface area contributed by atoms with E-state index < -0.39 is 0 Å². The van der Waals surface area contributed by atoms with Crippen LogP contribution in [-0.2, 0) is 7.05 Å². The molecule has 0 aromatic carbocycles. The molecule has 1 aliphatic rings. The molecule has 5 heterocycles. The average molecular weight is 458 g/mol. The average Bonchev–Trinajstić information content (AvgIpc) is 3.30. The van der Waals surface area contributed by atoms with E-state index in [4.69, 9.17) is 0 Å². The summed E-state index contributed by atoms with van der Waals surface area (Å²) in [5, 5.41) is 11.9. The van der Waals surface area contributed by atoms with Crippen LogP contribution in [0.1, 0.15) is 23.2 Å². The van der Waals surface area contributed by atoms with Crippen LogP contribution in [0.4, 0.5) is 11.6 Å². The zero-order valence-electron chi connectivity index (χ0n) is 19.5. The summed E-state index contributed by atoms with van der Waals surface area (Å²) in [6, 6.07) is 7.94. The molecule has 0 unspecified atom stereocenters. The van der Waals surface area contributed by atoms with Gasteiger partial charge in [-0.2, -0.15) is 0 Å². The first-order chi connectivity index (χ1) is 16.5. The zero-order valence-corrected chi connectivity index (χ0v) is 19.5. The summed E-state index contributed by atoms with van der Waals surface area (Å²) in [4.78, 5) is 30.8. The van der Waals surface area contributed by atoms with Gasteiger partial charge in [-0.05, 0) is 51.2 Å². The van der Waals surface area contributed by atoms with E-state index in [1.165, 1.54) is 0 Å². The molecule has 10 heteroatoms. The van der Waals surface area contributed by atoms with Crippen LogP contribution in [0.3, 0.4) is 0 Å². The summed E-state index contributed by atoms with van der Waals surface area (Å²) in [6.07, 6.45) is 9.07. The van der Waals surface area contributed by atoms with Gasteiger partial charge in [-0.15, -0.1) is 5.10 Å². The summed E-state index contributed by atoms with van der Waals surface area (Å²) >= 11 is 0. The molecular formula is C24H27N9O. The van der Waals surface area contributed by atoms with E-state index in [0.717, 1.165) is 53.9 Å². The smallest absolute Gasteiger partial charge is 0.257 e. The molecule has 0 radical (unpaired) electrons. The lowest BCUT2D eigenvalue weighted by Crippen LogP contribution is -2.42. The molecule has 4 aromatic rings. The number of fused-ring (bicyclic) bond motifs is 1. The molecule has 0 atom stereocenters. The number of aryl methyl sites for hydroxylation is 1. The van der Waals surface area contributed by atoms with Gasteiger partial charge in [0.05, 0.1) is 17.9 Å². The number of hydrogen-bond donors (Lipinski definition) is 1. The number of amides is 1. The number of nitrogens with one attached hydrogen (secondary N) is 1. The van der Waals surface area contributed by atoms with Gasteiger partial charge < -0.3 is 15.1 Å². The van der Waals surface area contributed by atoms with Crippen molar-refractivity contribution in [2.24, 2.45) is 7.05 Å². The van der Waals surface area contributed by atoms with Gasteiger partial charge in [0.25, 0.3) is 5.91 Å². The molecule has 34 heavy (non-hydrogen) atoms. The van der Waals surface area contributed by atoms with Gasteiger partial charge in [-0.3, -0.25) is 14.5 Å². The maximum absolute atomic E-state index is 13.0. The highest BCUT2D eigenvalue weighted by atomic mass is 16.1. The highest BCUT2D eigenvalue weighted by Crippen LogP contribution is 2.23. The number of carbonyl (C=O) groups is 1. The number of nitrogens with zero attached hydrogens (tertiary/aromatic N) is 8. The fraction of sp³-hybridized carbons (Fsp3) is 0.333. The third kappa shape index (κ3) is 4.58. The van der Waals surface area contributed by atoms with Crippen molar-refractivity contribution < 1.29 is 4.79 Å². The van der Waals surface area contributed by atoms with Crippen molar-refractivity contribution in [2.75, 3.05) is 37.4 Å². The maximum atomic E-state index is 13.0. The second kappa shape index (κ2) is 9.14. The van der Waals surface area contributed by atoms with Gasteiger partial charge in [-0.25, -0.2) is 9.97 Å². The van der Waals surface area contributed by atoms with Gasteiger partial charge in [0.2, 0.25) is 0 Å². The fourth-order valence-electron chi connectivity index (χ4n) is 4.25. The van der Waals surface area contributed by atoms with Crippen molar-refractivity contribution in [3.8, 4) is 11.3 Å². The molecular weight excluding hydrogens is 430 g/mol. The number of carbonyl (C=O) groups excluding carboxylic acids is 1. The first kappa shape index (κ1) is 21.9. The van der Waals surface area contributed by atoms with Crippen molar-refractivity contribution in [2.45, 2.75) is 18.9 Å². The third-order valence-electron chi connectivity index (χ3n) is 6.23. The molecule has 1 saturated heterocycles. The summed E-state index contributed by atoms with van der Waals surface area (Å²) < 4.78 is 1.64.